The van der Waals surface area contributed by atoms with Gasteiger partial charge in [0.1, 0.15) is 18.1 Å². The number of nitrogens with zero attached hydrogens (tertiary/aromatic N) is 4. The van der Waals surface area contributed by atoms with Crippen molar-refractivity contribution in [3.8, 4) is 5.75 Å². The zero-order valence-electron chi connectivity index (χ0n) is 19.1. The van der Waals surface area contributed by atoms with Crippen molar-refractivity contribution in [3.63, 3.8) is 0 Å². The second-order valence-electron chi connectivity index (χ2n) is 8.92. The monoisotopic (exact) mass is 446 g/mol. The summed E-state index contributed by atoms with van der Waals surface area (Å²) in [5.41, 5.74) is 2.58. The lowest BCUT2D eigenvalue weighted by molar-refractivity contribution is -0.131. The van der Waals surface area contributed by atoms with E-state index in [0.29, 0.717) is 18.7 Å². The molecule has 7 heteroatoms. The summed E-state index contributed by atoms with van der Waals surface area (Å²) in [7, 11) is 1.62. The minimum Gasteiger partial charge on any atom is -0.495 e. The van der Waals surface area contributed by atoms with Crippen LogP contribution in [0.3, 0.4) is 0 Å². The zero-order chi connectivity index (χ0) is 22.8. The number of fused-ring (bicyclic) bond motifs is 1. The maximum atomic E-state index is 13.2. The predicted octanol–water partition coefficient (Wildman–Crippen LogP) is 3.97. The van der Waals surface area contributed by atoms with Gasteiger partial charge in [0.15, 0.2) is 0 Å². The minimum absolute atomic E-state index is 0.0435. The van der Waals surface area contributed by atoms with E-state index in [1.807, 2.05) is 58.0 Å². The molecule has 0 radical (unpaired) electrons. The van der Waals surface area contributed by atoms with Gasteiger partial charge in [-0.05, 0) is 37.1 Å². The predicted molar refractivity (Wildman–Crippen MR) is 127 cm³/mol. The molecule has 0 bridgehead atoms. The van der Waals surface area contributed by atoms with Gasteiger partial charge in [-0.3, -0.25) is 9.59 Å². The second kappa shape index (κ2) is 9.25. The normalized spacial score (nSPS) is 19.2. The fourth-order valence-electron chi connectivity index (χ4n) is 5.09. The minimum atomic E-state index is -0.0910. The fourth-order valence-corrected chi connectivity index (χ4v) is 5.09. The number of carbonyl (C=O) groups excluding carboxylic acids is 2. The zero-order valence-corrected chi connectivity index (χ0v) is 19.1. The van der Waals surface area contributed by atoms with Crippen LogP contribution in [-0.4, -0.2) is 53.0 Å². The van der Waals surface area contributed by atoms with E-state index in [2.05, 4.69) is 0 Å². The summed E-state index contributed by atoms with van der Waals surface area (Å²) < 4.78 is 7.52. The van der Waals surface area contributed by atoms with Crippen molar-refractivity contribution >= 4 is 28.5 Å². The maximum Gasteiger partial charge on any atom is 0.242 e. The molecular formula is C26H30N4O3. The number of carbonyl (C=O) groups is 2. The first-order chi connectivity index (χ1) is 16.2. The van der Waals surface area contributed by atoms with Gasteiger partial charge in [0.05, 0.1) is 23.8 Å². The van der Waals surface area contributed by atoms with E-state index >= 15 is 0 Å². The molecule has 2 fully saturated rings. The number of anilines is 1. The molecule has 2 aromatic carbocycles. The fraction of sp³-hybridized carbons (Fsp3) is 0.423. The van der Waals surface area contributed by atoms with E-state index in [9.17, 15) is 9.59 Å². The summed E-state index contributed by atoms with van der Waals surface area (Å²) in [6.07, 6.45) is 4.86. The van der Waals surface area contributed by atoms with Crippen molar-refractivity contribution in [1.29, 1.82) is 0 Å². The number of rotatable bonds is 5. The van der Waals surface area contributed by atoms with Crippen molar-refractivity contribution in [2.24, 2.45) is 0 Å². The Morgan fingerprint density at radius 3 is 2.55 bits per heavy atom. The van der Waals surface area contributed by atoms with Crippen molar-refractivity contribution in [1.82, 2.24) is 14.5 Å². The molecule has 1 atom stereocenters. The number of hydrogen-bond donors (Lipinski definition) is 0. The van der Waals surface area contributed by atoms with Crippen LogP contribution in [0, 0.1) is 0 Å². The molecule has 0 aliphatic carbocycles. The van der Waals surface area contributed by atoms with Gasteiger partial charge in [-0.15, -0.1) is 0 Å². The Bertz CT molecular complexity index is 1160. The van der Waals surface area contributed by atoms with Gasteiger partial charge < -0.3 is 19.1 Å². The molecule has 2 aliphatic heterocycles. The Morgan fingerprint density at radius 2 is 1.76 bits per heavy atom. The van der Waals surface area contributed by atoms with Crippen LogP contribution in [0.25, 0.3) is 11.0 Å². The summed E-state index contributed by atoms with van der Waals surface area (Å²) in [5, 5.41) is 0. The number of aromatic nitrogens is 2. The van der Waals surface area contributed by atoms with Gasteiger partial charge in [0.2, 0.25) is 11.8 Å². The Kier molecular flexibility index (Phi) is 6.03. The lowest BCUT2D eigenvalue weighted by Gasteiger charge is -2.22. The summed E-state index contributed by atoms with van der Waals surface area (Å²) in [6, 6.07) is 15.5. The van der Waals surface area contributed by atoms with E-state index in [-0.39, 0.29) is 24.3 Å². The van der Waals surface area contributed by atoms with Crippen LogP contribution in [0.5, 0.6) is 5.75 Å². The van der Waals surface area contributed by atoms with Crippen LogP contribution in [-0.2, 0) is 16.1 Å². The van der Waals surface area contributed by atoms with Crippen LogP contribution in [0.2, 0.25) is 0 Å². The number of ether oxygens (including phenoxy) is 1. The largest absolute Gasteiger partial charge is 0.495 e. The summed E-state index contributed by atoms with van der Waals surface area (Å²) in [5.74, 6) is 1.57. The molecule has 33 heavy (non-hydrogen) atoms. The Hall–Kier alpha value is -3.35. The highest BCUT2D eigenvalue weighted by Crippen LogP contribution is 2.37. The first kappa shape index (κ1) is 21.5. The average Bonchev–Trinajstić information content (AvgIpc) is 3.26. The standard InChI is InChI=1S/C26H30N4O3/c1-33-23-13-7-6-12-22(23)29-17-19(16-24(29)31)26-27-20-10-4-5-11-21(20)30(26)18-25(32)28-14-8-2-3-9-15-28/h4-7,10-13,19H,2-3,8-9,14-18H2,1H3. The Balaban J connectivity index is 1.46. The molecule has 7 nitrogen and oxygen atoms in total. The van der Waals surface area contributed by atoms with Crippen molar-refractivity contribution in [3.05, 3.63) is 54.4 Å². The quantitative estimate of drug-likeness (QED) is 0.595. The van der Waals surface area contributed by atoms with E-state index < -0.39 is 0 Å². The summed E-state index contributed by atoms with van der Waals surface area (Å²) >= 11 is 0. The molecule has 5 rings (SSSR count). The third-order valence-electron chi connectivity index (χ3n) is 6.80. The first-order valence-electron chi connectivity index (χ1n) is 11.8. The van der Waals surface area contributed by atoms with Gasteiger partial charge in [-0.25, -0.2) is 4.98 Å². The Labute approximate surface area is 193 Å². The molecule has 0 N–H and O–H groups in total. The van der Waals surface area contributed by atoms with Gasteiger partial charge in [-0.2, -0.15) is 0 Å². The Morgan fingerprint density at radius 1 is 1.03 bits per heavy atom. The first-order valence-corrected chi connectivity index (χ1v) is 11.8. The van der Waals surface area contributed by atoms with Gasteiger partial charge in [0.25, 0.3) is 0 Å². The van der Waals surface area contributed by atoms with E-state index in [4.69, 9.17) is 9.72 Å². The third-order valence-corrected chi connectivity index (χ3v) is 6.80. The number of likely N-dealkylation sites (tertiary alicyclic amines) is 1. The lowest BCUT2D eigenvalue weighted by Crippen LogP contribution is -2.35. The lowest BCUT2D eigenvalue weighted by atomic mass is 10.1. The van der Waals surface area contributed by atoms with Crippen LogP contribution < -0.4 is 9.64 Å². The summed E-state index contributed by atoms with van der Waals surface area (Å²) in [6.45, 7) is 2.42. The van der Waals surface area contributed by atoms with E-state index in [1.165, 1.54) is 12.8 Å². The van der Waals surface area contributed by atoms with Crippen molar-refractivity contribution in [2.75, 3.05) is 31.6 Å². The SMILES string of the molecule is COc1ccccc1N1CC(c2nc3ccccc3n2CC(=O)N2CCCCCC2)CC1=O. The molecule has 0 saturated carbocycles. The molecule has 1 aromatic heterocycles. The van der Waals surface area contributed by atoms with Gasteiger partial charge in [-0.1, -0.05) is 37.1 Å². The number of hydrogen-bond acceptors (Lipinski definition) is 4. The average molecular weight is 447 g/mol. The molecule has 2 aliphatic rings. The number of imidazole rings is 1. The number of para-hydroxylation sites is 4. The third kappa shape index (κ3) is 4.19. The van der Waals surface area contributed by atoms with Crippen molar-refractivity contribution in [2.45, 2.75) is 44.6 Å². The van der Waals surface area contributed by atoms with Gasteiger partial charge >= 0.3 is 0 Å². The van der Waals surface area contributed by atoms with Crippen LogP contribution in [0.4, 0.5) is 5.69 Å². The van der Waals surface area contributed by atoms with Crippen molar-refractivity contribution < 1.29 is 14.3 Å². The van der Waals surface area contributed by atoms with Crippen LogP contribution in [0.15, 0.2) is 48.5 Å². The number of methoxy groups -OCH3 is 1. The molecule has 3 heterocycles. The summed E-state index contributed by atoms with van der Waals surface area (Å²) in [4.78, 5) is 34.9. The molecular weight excluding hydrogens is 416 g/mol. The van der Waals surface area contributed by atoms with Crippen LogP contribution in [0.1, 0.15) is 43.8 Å². The number of benzene rings is 2. The highest BCUT2D eigenvalue weighted by molar-refractivity contribution is 5.98. The highest BCUT2D eigenvalue weighted by atomic mass is 16.5. The highest BCUT2D eigenvalue weighted by Gasteiger charge is 2.36. The van der Waals surface area contributed by atoms with E-state index in [1.54, 1.807) is 12.0 Å². The molecule has 2 saturated heterocycles. The molecule has 0 spiro atoms. The van der Waals surface area contributed by atoms with Gasteiger partial charge in [0, 0.05) is 32.0 Å². The smallest absolute Gasteiger partial charge is 0.242 e. The maximum absolute atomic E-state index is 13.2. The molecule has 2 amide bonds. The number of amides is 2. The molecule has 1 unspecified atom stereocenters. The topological polar surface area (TPSA) is 67.7 Å². The second-order valence-corrected chi connectivity index (χ2v) is 8.92. The molecule has 3 aromatic rings. The van der Waals surface area contributed by atoms with Crippen LogP contribution >= 0.6 is 0 Å². The molecule has 172 valence electrons. The van der Waals surface area contributed by atoms with E-state index in [0.717, 1.165) is 48.5 Å².